The third-order valence-corrected chi connectivity index (χ3v) is 4.26. The Kier molecular flexibility index (Phi) is 4.05. The summed E-state index contributed by atoms with van der Waals surface area (Å²) in [5.41, 5.74) is 8.02. The van der Waals surface area contributed by atoms with E-state index < -0.39 is 0 Å². The molecule has 0 radical (unpaired) electrons. The average molecular weight is 287 g/mol. The molecule has 17 heavy (non-hydrogen) atoms. The first-order chi connectivity index (χ1) is 8.08. The highest BCUT2D eigenvalue weighted by Crippen LogP contribution is 2.30. The molecule has 0 fully saturated rings. The van der Waals surface area contributed by atoms with Gasteiger partial charge in [0, 0.05) is 23.5 Å². The standard InChI is InChI=1S/C12H12Cl2N2S/c1-7-6-17-11(16-7)5-10(15)8-3-2-4-9(13)12(8)14/h2-4,6,10H,5,15H2,1H3. The third-order valence-electron chi connectivity index (χ3n) is 2.44. The zero-order chi connectivity index (χ0) is 12.4. The van der Waals surface area contributed by atoms with Crippen molar-refractivity contribution >= 4 is 34.5 Å². The quantitative estimate of drug-likeness (QED) is 0.926. The van der Waals surface area contributed by atoms with Gasteiger partial charge in [-0.2, -0.15) is 0 Å². The van der Waals surface area contributed by atoms with Crippen LogP contribution in [-0.4, -0.2) is 4.98 Å². The van der Waals surface area contributed by atoms with E-state index in [0.717, 1.165) is 16.3 Å². The van der Waals surface area contributed by atoms with Crippen LogP contribution in [0.15, 0.2) is 23.6 Å². The van der Waals surface area contributed by atoms with Crippen molar-refractivity contribution in [2.75, 3.05) is 0 Å². The molecule has 90 valence electrons. The monoisotopic (exact) mass is 286 g/mol. The highest BCUT2D eigenvalue weighted by atomic mass is 35.5. The van der Waals surface area contributed by atoms with Crippen molar-refractivity contribution in [1.82, 2.24) is 4.98 Å². The van der Waals surface area contributed by atoms with Gasteiger partial charge in [0.1, 0.15) is 0 Å². The fourth-order valence-electron chi connectivity index (χ4n) is 1.60. The largest absolute Gasteiger partial charge is 0.324 e. The van der Waals surface area contributed by atoms with Crippen molar-refractivity contribution in [3.05, 3.63) is 49.9 Å². The maximum absolute atomic E-state index is 6.13. The van der Waals surface area contributed by atoms with Gasteiger partial charge in [0.2, 0.25) is 0 Å². The van der Waals surface area contributed by atoms with Crippen LogP contribution in [0.4, 0.5) is 0 Å². The molecule has 0 saturated carbocycles. The van der Waals surface area contributed by atoms with E-state index in [-0.39, 0.29) is 6.04 Å². The fourth-order valence-corrected chi connectivity index (χ4v) is 2.88. The topological polar surface area (TPSA) is 38.9 Å². The summed E-state index contributed by atoms with van der Waals surface area (Å²) in [4.78, 5) is 4.39. The summed E-state index contributed by atoms with van der Waals surface area (Å²) in [5, 5.41) is 4.11. The van der Waals surface area contributed by atoms with Crippen LogP contribution in [0.25, 0.3) is 0 Å². The molecule has 1 aromatic carbocycles. The highest BCUT2D eigenvalue weighted by molar-refractivity contribution is 7.09. The van der Waals surface area contributed by atoms with Crippen molar-refractivity contribution in [3.8, 4) is 0 Å². The molecular formula is C12H12Cl2N2S. The molecule has 0 aliphatic carbocycles. The van der Waals surface area contributed by atoms with Gasteiger partial charge in [-0.25, -0.2) is 4.98 Å². The van der Waals surface area contributed by atoms with Gasteiger partial charge < -0.3 is 5.73 Å². The zero-order valence-corrected chi connectivity index (χ0v) is 11.6. The van der Waals surface area contributed by atoms with Gasteiger partial charge in [-0.3, -0.25) is 0 Å². The van der Waals surface area contributed by atoms with E-state index in [1.807, 2.05) is 24.4 Å². The minimum atomic E-state index is -0.174. The second kappa shape index (κ2) is 5.36. The van der Waals surface area contributed by atoms with Crippen LogP contribution in [0.5, 0.6) is 0 Å². The normalized spacial score (nSPS) is 12.7. The molecule has 0 bridgehead atoms. The Morgan fingerprint density at radius 3 is 2.82 bits per heavy atom. The number of benzene rings is 1. The number of halogens is 2. The minimum absolute atomic E-state index is 0.174. The van der Waals surface area contributed by atoms with E-state index in [9.17, 15) is 0 Å². The van der Waals surface area contributed by atoms with Gasteiger partial charge in [-0.15, -0.1) is 11.3 Å². The Morgan fingerprint density at radius 2 is 2.18 bits per heavy atom. The first kappa shape index (κ1) is 12.8. The van der Waals surface area contributed by atoms with E-state index in [4.69, 9.17) is 28.9 Å². The smallest absolute Gasteiger partial charge is 0.0947 e. The van der Waals surface area contributed by atoms with Crippen molar-refractivity contribution in [1.29, 1.82) is 0 Å². The predicted octanol–water partition coefficient (Wildman–Crippen LogP) is 4.00. The molecular weight excluding hydrogens is 275 g/mol. The zero-order valence-electron chi connectivity index (χ0n) is 9.28. The number of nitrogens with zero attached hydrogens (tertiary/aromatic N) is 1. The van der Waals surface area contributed by atoms with E-state index >= 15 is 0 Å². The maximum atomic E-state index is 6.13. The summed E-state index contributed by atoms with van der Waals surface area (Å²) < 4.78 is 0. The molecule has 0 amide bonds. The fraction of sp³-hybridized carbons (Fsp3) is 0.250. The molecule has 1 heterocycles. The molecule has 0 aliphatic heterocycles. The maximum Gasteiger partial charge on any atom is 0.0947 e. The number of rotatable bonds is 3. The summed E-state index contributed by atoms with van der Waals surface area (Å²) >= 11 is 13.7. The van der Waals surface area contributed by atoms with Crippen LogP contribution in [-0.2, 0) is 6.42 Å². The summed E-state index contributed by atoms with van der Waals surface area (Å²) in [6, 6.07) is 5.34. The van der Waals surface area contributed by atoms with Crippen molar-refractivity contribution in [3.63, 3.8) is 0 Å². The number of hydrogen-bond acceptors (Lipinski definition) is 3. The molecule has 0 saturated heterocycles. The second-order valence-electron chi connectivity index (χ2n) is 3.84. The lowest BCUT2D eigenvalue weighted by Gasteiger charge is -2.12. The Morgan fingerprint density at radius 1 is 1.41 bits per heavy atom. The van der Waals surface area contributed by atoms with Gasteiger partial charge in [-0.05, 0) is 18.6 Å². The molecule has 2 N–H and O–H groups in total. The lowest BCUT2D eigenvalue weighted by atomic mass is 10.1. The minimum Gasteiger partial charge on any atom is -0.324 e. The van der Waals surface area contributed by atoms with Gasteiger partial charge >= 0.3 is 0 Å². The van der Waals surface area contributed by atoms with Crippen LogP contribution < -0.4 is 5.73 Å². The number of nitrogens with two attached hydrogens (primary N) is 1. The molecule has 1 atom stereocenters. The number of thiazole rings is 1. The van der Waals surface area contributed by atoms with E-state index in [0.29, 0.717) is 16.5 Å². The molecule has 2 aromatic rings. The number of aryl methyl sites for hydroxylation is 1. The first-order valence-corrected chi connectivity index (χ1v) is 6.82. The second-order valence-corrected chi connectivity index (χ2v) is 5.56. The highest BCUT2D eigenvalue weighted by Gasteiger charge is 2.14. The molecule has 1 unspecified atom stereocenters. The molecule has 0 spiro atoms. The Hall–Kier alpha value is -0.610. The van der Waals surface area contributed by atoms with Crippen LogP contribution in [0, 0.1) is 6.92 Å². The third kappa shape index (κ3) is 2.99. The van der Waals surface area contributed by atoms with Crippen LogP contribution in [0.1, 0.15) is 22.3 Å². The predicted molar refractivity (Wildman–Crippen MR) is 73.9 cm³/mol. The molecule has 2 rings (SSSR count). The first-order valence-electron chi connectivity index (χ1n) is 5.18. The Bertz CT molecular complexity index is 525. The SMILES string of the molecule is Cc1csc(CC(N)c2cccc(Cl)c2Cl)n1. The summed E-state index contributed by atoms with van der Waals surface area (Å²) in [7, 11) is 0. The molecule has 1 aromatic heterocycles. The van der Waals surface area contributed by atoms with Gasteiger partial charge in [0.25, 0.3) is 0 Å². The molecule has 5 heteroatoms. The van der Waals surface area contributed by atoms with Crippen LogP contribution in [0.2, 0.25) is 10.0 Å². The summed E-state index contributed by atoms with van der Waals surface area (Å²) in [6.07, 6.45) is 0.679. The summed E-state index contributed by atoms with van der Waals surface area (Å²) in [6.45, 7) is 1.97. The summed E-state index contributed by atoms with van der Waals surface area (Å²) in [5.74, 6) is 0. The molecule has 0 aliphatic rings. The van der Waals surface area contributed by atoms with Crippen molar-refractivity contribution in [2.45, 2.75) is 19.4 Å². The number of aromatic nitrogens is 1. The van der Waals surface area contributed by atoms with E-state index in [1.54, 1.807) is 17.4 Å². The Labute approximate surface area is 114 Å². The van der Waals surface area contributed by atoms with Crippen molar-refractivity contribution < 1.29 is 0 Å². The van der Waals surface area contributed by atoms with E-state index in [2.05, 4.69) is 4.98 Å². The van der Waals surface area contributed by atoms with Gasteiger partial charge in [0.05, 0.1) is 15.1 Å². The van der Waals surface area contributed by atoms with Crippen LogP contribution >= 0.6 is 34.5 Å². The Balaban J connectivity index is 2.20. The lowest BCUT2D eigenvalue weighted by molar-refractivity contribution is 0.717. The number of hydrogen-bond donors (Lipinski definition) is 1. The lowest BCUT2D eigenvalue weighted by Crippen LogP contribution is -2.13. The average Bonchev–Trinajstić information content (AvgIpc) is 2.68. The van der Waals surface area contributed by atoms with Crippen molar-refractivity contribution in [2.24, 2.45) is 5.73 Å². The van der Waals surface area contributed by atoms with E-state index in [1.165, 1.54) is 0 Å². The molecule has 2 nitrogen and oxygen atoms in total. The van der Waals surface area contributed by atoms with Crippen LogP contribution in [0.3, 0.4) is 0 Å². The van der Waals surface area contributed by atoms with Gasteiger partial charge in [0.15, 0.2) is 0 Å². The van der Waals surface area contributed by atoms with Gasteiger partial charge in [-0.1, -0.05) is 35.3 Å².